The van der Waals surface area contributed by atoms with Crippen molar-refractivity contribution in [3.63, 3.8) is 0 Å². The number of hydrogen-bond donors (Lipinski definition) is 0. The van der Waals surface area contributed by atoms with Crippen LogP contribution >= 0.6 is 11.6 Å². The van der Waals surface area contributed by atoms with E-state index in [1.807, 2.05) is 29.2 Å². The number of nitrogens with zero attached hydrogens (tertiary/aromatic N) is 2. The number of amides is 1. The molecule has 0 aliphatic carbocycles. The Hall–Kier alpha value is -2.24. The molecule has 0 radical (unpaired) electrons. The Morgan fingerprint density at radius 3 is 2.37 bits per heavy atom. The normalized spacial score (nSPS) is 14.9. The van der Waals surface area contributed by atoms with Crippen LogP contribution in [0.5, 0.6) is 11.5 Å². The second-order valence-corrected chi connectivity index (χ2v) is 6.94. The lowest BCUT2D eigenvalue weighted by Gasteiger charge is -2.34. The summed E-state index contributed by atoms with van der Waals surface area (Å²) in [6.07, 6.45) is 0. The van der Waals surface area contributed by atoms with Crippen molar-refractivity contribution in [2.24, 2.45) is 0 Å². The van der Waals surface area contributed by atoms with Gasteiger partial charge in [0.05, 0.1) is 7.11 Å². The lowest BCUT2D eigenvalue weighted by molar-refractivity contribution is 0.0643. The highest BCUT2D eigenvalue weighted by molar-refractivity contribution is 6.30. The van der Waals surface area contributed by atoms with Gasteiger partial charge in [0, 0.05) is 36.8 Å². The van der Waals surface area contributed by atoms with Crippen LogP contribution in [0.25, 0.3) is 0 Å². The second kappa shape index (κ2) is 9.11. The highest BCUT2D eigenvalue weighted by atomic mass is 35.5. The number of carbonyl (C=O) groups is 1. The summed E-state index contributed by atoms with van der Waals surface area (Å²) >= 11 is 5.90. The topological polar surface area (TPSA) is 42.0 Å². The van der Waals surface area contributed by atoms with Crippen molar-refractivity contribution in [1.29, 1.82) is 0 Å². The van der Waals surface area contributed by atoms with Crippen LogP contribution in [-0.4, -0.2) is 55.5 Å². The van der Waals surface area contributed by atoms with Crippen molar-refractivity contribution < 1.29 is 14.3 Å². The lowest BCUT2D eigenvalue weighted by Crippen LogP contribution is -2.48. The quantitative estimate of drug-likeness (QED) is 0.756. The van der Waals surface area contributed by atoms with Crippen molar-refractivity contribution >= 4 is 17.5 Å². The number of likely N-dealkylation sites (N-methyl/N-ethyl adjacent to an activating group) is 1. The Bertz CT molecular complexity index is 771. The van der Waals surface area contributed by atoms with Crippen molar-refractivity contribution in [1.82, 2.24) is 9.80 Å². The van der Waals surface area contributed by atoms with Gasteiger partial charge in [-0.15, -0.1) is 0 Å². The van der Waals surface area contributed by atoms with Crippen LogP contribution in [0, 0.1) is 0 Å². The zero-order valence-electron chi connectivity index (χ0n) is 15.8. The molecule has 0 unspecified atom stereocenters. The van der Waals surface area contributed by atoms with E-state index in [0.29, 0.717) is 28.7 Å². The summed E-state index contributed by atoms with van der Waals surface area (Å²) in [6.45, 7) is 6.91. The smallest absolute Gasteiger partial charge is 0.254 e. The summed E-state index contributed by atoms with van der Waals surface area (Å²) in [4.78, 5) is 17.0. The predicted molar refractivity (Wildman–Crippen MR) is 107 cm³/mol. The van der Waals surface area contributed by atoms with E-state index in [1.54, 1.807) is 25.3 Å². The van der Waals surface area contributed by atoms with Gasteiger partial charge in [-0.2, -0.15) is 0 Å². The van der Waals surface area contributed by atoms with E-state index >= 15 is 0 Å². The van der Waals surface area contributed by atoms with Crippen LogP contribution in [0.2, 0.25) is 5.02 Å². The fraction of sp³-hybridized carbons (Fsp3) is 0.381. The van der Waals surface area contributed by atoms with Crippen LogP contribution < -0.4 is 9.47 Å². The first-order valence-corrected chi connectivity index (χ1v) is 9.55. The average Bonchev–Trinajstić information content (AvgIpc) is 2.72. The van der Waals surface area contributed by atoms with E-state index in [0.717, 1.165) is 38.3 Å². The average molecular weight is 389 g/mol. The third-order valence-corrected chi connectivity index (χ3v) is 5.08. The fourth-order valence-corrected chi connectivity index (χ4v) is 3.24. The van der Waals surface area contributed by atoms with Gasteiger partial charge in [0.25, 0.3) is 5.91 Å². The molecule has 6 heteroatoms. The van der Waals surface area contributed by atoms with E-state index in [-0.39, 0.29) is 5.91 Å². The largest absolute Gasteiger partial charge is 0.493 e. The van der Waals surface area contributed by atoms with Crippen LogP contribution in [0.1, 0.15) is 22.8 Å². The number of carbonyl (C=O) groups excluding carboxylic acids is 1. The van der Waals surface area contributed by atoms with Crippen LogP contribution in [-0.2, 0) is 6.61 Å². The standard InChI is InChI=1S/C21H25ClN2O3/c1-3-23-10-12-24(13-11-23)21(25)17-6-9-19(20(14-17)26-2)27-15-16-4-7-18(22)8-5-16/h4-9,14H,3,10-13,15H2,1-2H3. The maximum atomic E-state index is 12.8. The molecule has 0 saturated carbocycles. The molecule has 0 spiro atoms. The minimum absolute atomic E-state index is 0.0355. The van der Waals surface area contributed by atoms with E-state index < -0.39 is 0 Å². The highest BCUT2D eigenvalue weighted by Gasteiger charge is 2.22. The lowest BCUT2D eigenvalue weighted by atomic mass is 10.1. The Kier molecular flexibility index (Phi) is 6.58. The van der Waals surface area contributed by atoms with E-state index in [4.69, 9.17) is 21.1 Å². The van der Waals surface area contributed by atoms with Gasteiger partial charge in [-0.3, -0.25) is 4.79 Å². The summed E-state index contributed by atoms with van der Waals surface area (Å²) in [5.41, 5.74) is 1.63. The molecule has 0 aromatic heterocycles. The second-order valence-electron chi connectivity index (χ2n) is 6.51. The molecule has 144 valence electrons. The molecular formula is C21H25ClN2O3. The molecule has 1 saturated heterocycles. The molecule has 1 amide bonds. The molecule has 0 bridgehead atoms. The third kappa shape index (κ3) is 4.93. The monoisotopic (exact) mass is 388 g/mol. The van der Waals surface area contributed by atoms with Crippen molar-refractivity contribution in [3.05, 3.63) is 58.6 Å². The third-order valence-electron chi connectivity index (χ3n) is 4.82. The van der Waals surface area contributed by atoms with Gasteiger partial charge in [0.1, 0.15) is 6.61 Å². The predicted octanol–water partition coefficient (Wildman–Crippen LogP) is 3.71. The summed E-state index contributed by atoms with van der Waals surface area (Å²) < 4.78 is 11.3. The molecule has 1 fully saturated rings. The summed E-state index contributed by atoms with van der Waals surface area (Å²) in [7, 11) is 1.58. The Morgan fingerprint density at radius 1 is 1.04 bits per heavy atom. The number of ether oxygens (including phenoxy) is 2. The van der Waals surface area contributed by atoms with Gasteiger partial charge < -0.3 is 19.3 Å². The molecule has 2 aromatic carbocycles. The number of piperazine rings is 1. The highest BCUT2D eigenvalue weighted by Crippen LogP contribution is 2.29. The molecule has 1 aliphatic rings. The molecule has 1 heterocycles. The summed E-state index contributed by atoms with van der Waals surface area (Å²) in [6, 6.07) is 12.9. The maximum absolute atomic E-state index is 12.8. The van der Waals surface area contributed by atoms with Gasteiger partial charge >= 0.3 is 0 Å². The first kappa shape index (κ1) is 19.5. The molecule has 0 N–H and O–H groups in total. The van der Waals surface area contributed by atoms with Gasteiger partial charge in [0.2, 0.25) is 0 Å². The van der Waals surface area contributed by atoms with Crippen molar-refractivity contribution in [2.75, 3.05) is 39.8 Å². The number of hydrogen-bond acceptors (Lipinski definition) is 4. The zero-order valence-corrected chi connectivity index (χ0v) is 16.5. The Labute approximate surface area is 165 Å². The van der Waals surface area contributed by atoms with Gasteiger partial charge in [-0.05, 0) is 42.4 Å². The zero-order chi connectivity index (χ0) is 19.2. The molecule has 2 aromatic rings. The van der Waals surface area contributed by atoms with E-state index in [9.17, 15) is 4.79 Å². The first-order valence-electron chi connectivity index (χ1n) is 9.17. The molecule has 27 heavy (non-hydrogen) atoms. The van der Waals surface area contributed by atoms with Crippen LogP contribution in [0.4, 0.5) is 0 Å². The number of benzene rings is 2. The summed E-state index contributed by atoms with van der Waals surface area (Å²) in [5.74, 6) is 1.20. The Morgan fingerprint density at radius 2 is 1.74 bits per heavy atom. The minimum Gasteiger partial charge on any atom is -0.493 e. The van der Waals surface area contributed by atoms with Gasteiger partial charge in [-0.1, -0.05) is 30.7 Å². The van der Waals surface area contributed by atoms with Gasteiger partial charge in [0.15, 0.2) is 11.5 Å². The maximum Gasteiger partial charge on any atom is 0.254 e. The molecule has 0 atom stereocenters. The molecule has 3 rings (SSSR count). The van der Waals surface area contributed by atoms with Crippen LogP contribution in [0.15, 0.2) is 42.5 Å². The fourth-order valence-electron chi connectivity index (χ4n) is 3.11. The minimum atomic E-state index is 0.0355. The van der Waals surface area contributed by atoms with Gasteiger partial charge in [-0.25, -0.2) is 0 Å². The molecular weight excluding hydrogens is 364 g/mol. The van der Waals surface area contributed by atoms with Crippen LogP contribution in [0.3, 0.4) is 0 Å². The van der Waals surface area contributed by atoms with Crippen molar-refractivity contribution in [3.8, 4) is 11.5 Å². The van der Waals surface area contributed by atoms with E-state index in [1.165, 1.54) is 0 Å². The summed E-state index contributed by atoms with van der Waals surface area (Å²) in [5, 5.41) is 0.693. The number of methoxy groups -OCH3 is 1. The number of rotatable bonds is 6. The first-order chi connectivity index (χ1) is 13.1. The number of halogens is 1. The molecule has 1 aliphatic heterocycles. The Balaban J connectivity index is 1.66. The van der Waals surface area contributed by atoms with Crippen molar-refractivity contribution in [2.45, 2.75) is 13.5 Å². The van der Waals surface area contributed by atoms with E-state index in [2.05, 4.69) is 11.8 Å². The SMILES string of the molecule is CCN1CCN(C(=O)c2ccc(OCc3ccc(Cl)cc3)c(OC)c2)CC1. The molecule has 5 nitrogen and oxygen atoms in total.